The highest BCUT2D eigenvalue weighted by Crippen LogP contribution is 2.34. The molecule has 38 heavy (non-hydrogen) atoms. The van der Waals surface area contributed by atoms with Gasteiger partial charge in [0.05, 0.1) is 16.9 Å². The minimum absolute atomic E-state index is 0.204. The van der Waals surface area contributed by atoms with Gasteiger partial charge in [-0.25, -0.2) is 0 Å². The summed E-state index contributed by atoms with van der Waals surface area (Å²) in [6, 6.07) is 16.2. The minimum Gasteiger partial charge on any atom is -0.493 e. The number of rotatable bonds is 9. The summed E-state index contributed by atoms with van der Waals surface area (Å²) in [5, 5.41) is 5.74. The van der Waals surface area contributed by atoms with Gasteiger partial charge in [0.2, 0.25) is 0 Å². The number of nitrogens with one attached hydrogen (secondary N) is 2. The normalized spacial score (nSPS) is 14.2. The van der Waals surface area contributed by atoms with Gasteiger partial charge in [0.15, 0.2) is 22.4 Å². The van der Waals surface area contributed by atoms with Crippen LogP contribution in [0, 0.1) is 0 Å². The number of ether oxygens (including phenoxy) is 2. The van der Waals surface area contributed by atoms with E-state index in [2.05, 4.69) is 24.6 Å². The molecule has 1 aliphatic heterocycles. The second-order valence-corrected chi connectivity index (χ2v) is 11.0. The summed E-state index contributed by atoms with van der Waals surface area (Å²) in [5.41, 5.74) is 5.01. The monoisotopic (exact) mass is 567 g/mol. The number of hydrazine groups is 1. The fraction of sp³-hybridized carbons (Fsp3) is 0.185. The van der Waals surface area contributed by atoms with Crippen molar-refractivity contribution in [3.8, 4) is 11.5 Å². The van der Waals surface area contributed by atoms with E-state index in [-0.39, 0.29) is 22.8 Å². The van der Waals surface area contributed by atoms with Crippen molar-refractivity contribution in [2.45, 2.75) is 19.8 Å². The summed E-state index contributed by atoms with van der Waals surface area (Å²) in [5.74, 6) is -0.0846. The molecule has 0 atom stereocenters. The van der Waals surface area contributed by atoms with Gasteiger partial charge in [0, 0.05) is 5.69 Å². The fourth-order valence-corrected chi connectivity index (χ4v) is 5.41. The molecule has 0 spiro atoms. The molecule has 3 aromatic rings. The van der Waals surface area contributed by atoms with Crippen LogP contribution >= 0.6 is 35.3 Å². The number of thioether (sulfide) groups is 1. The Morgan fingerprint density at radius 1 is 1.11 bits per heavy atom. The summed E-state index contributed by atoms with van der Waals surface area (Å²) in [4.78, 5) is 38.6. The lowest BCUT2D eigenvalue weighted by molar-refractivity contribution is -0.123. The molecular weight excluding hydrogens is 543 g/mol. The van der Waals surface area contributed by atoms with E-state index in [4.69, 9.17) is 21.7 Å². The number of carbonyl (C=O) groups excluding carboxylic acids is 3. The average molecular weight is 568 g/mol. The molecule has 1 aliphatic rings. The van der Waals surface area contributed by atoms with Crippen LogP contribution in [-0.2, 0) is 9.59 Å². The van der Waals surface area contributed by atoms with Crippen molar-refractivity contribution in [2.24, 2.45) is 0 Å². The van der Waals surface area contributed by atoms with Crippen LogP contribution in [0.3, 0.4) is 0 Å². The molecule has 0 aliphatic carbocycles. The molecule has 2 heterocycles. The lowest BCUT2D eigenvalue weighted by Crippen LogP contribution is -2.44. The molecule has 0 saturated carbocycles. The van der Waals surface area contributed by atoms with Crippen molar-refractivity contribution in [1.82, 2.24) is 10.4 Å². The van der Waals surface area contributed by atoms with Gasteiger partial charge in [-0.2, -0.15) is 5.01 Å². The maximum Gasteiger partial charge on any atom is 0.285 e. The van der Waals surface area contributed by atoms with Gasteiger partial charge in [0.1, 0.15) is 0 Å². The van der Waals surface area contributed by atoms with Crippen molar-refractivity contribution >= 4 is 69.1 Å². The van der Waals surface area contributed by atoms with Gasteiger partial charge in [-0.3, -0.25) is 19.8 Å². The van der Waals surface area contributed by atoms with Gasteiger partial charge in [-0.1, -0.05) is 55.9 Å². The van der Waals surface area contributed by atoms with Gasteiger partial charge in [-0.05, 0) is 65.0 Å². The number of hydrogen-bond donors (Lipinski definition) is 2. The van der Waals surface area contributed by atoms with E-state index in [1.165, 1.54) is 18.4 Å². The number of carbonyl (C=O) groups is 3. The number of anilines is 1. The second-order valence-electron chi connectivity index (χ2n) is 8.42. The molecule has 2 aromatic carbocycles. The van der Waals surface area contributed by atoms with Gasteiger partial charge in [-0.15, -0.1) is 11.3 Å². The first-order valence-corrected chi connectivity index (χ1v) is 13.7. The first kappa shape index (κ1) is 27.4. The molecule has 3 amide bonds. The SMILES string of the molecule is COc1cc(/C=C2\SC(=S)N(NC(=O)c3cccs3)C2=O)ccc1OCC(=O)Nc1ccccc1C(C)C. The summed E-state index contributed by atoms with van der Waals surface area (Å²) in [6.45, 7) is 3.92. The number of amides is 3. The maximum absolute atomic E-state index is 12.9. The van der Waals surface area contributed by atoms with Crippen molar-refractivity contribution in [1.29, 1.82) is 0 Å². The molecule has 11 heteroatoms. The largest absolute Gasteiger partial charge is 0.493 e. The van der Waals surface area contributed by atoms with Crippen LogP contribution in [-0.4, -0.2) is 40.8 Å². The topological polar surface area (TPSA) is 97.0 Å². The molecule has 8 nitrogen and oxygen atoms in total. The van der Waals surface area contributed by atoms with Gasteiger partial charge < -0.3 is 14.8 Å². The van der Waals surface area contributed by atoms with Crippen LogP contribution in [0.25, 0.3) is 6.08 Å². The van der Waals surface area contributed by atoms with E-state index in [9.17, 15) is 14.4 Å². The Kier molecular flexibility index (Phi) is 8.82. The molecule has 1 saturated heterocycles. The zero-order valence-corrected chi connectivity index (χ0v) is 23.3. The number of nitrogens with zero attached hydrogens (tertiary/aromatic N) is 1. The molecule has 1 aromatic heterocycles. The van der Waals surface area contributed by atoms with E-state index in [0.717, 1.165) is 28.0 Å². The summed E-state index contributed by atoms with van der Waals surface area (Å²) < 4.78 is 11.4. The summed E-state index contributed by atoms with van der Waals surface area (Å²) in [6.07, 6.45) is 1.65. The number of thiocarbonyl (C=S) groups is 1. The minimum atomic E-state index is -0.428. The lowest BCUT2D eigenvalue weighted by atomic mass is 10.0. The number of para-hydroxylation sites is 1. The van der Waals surface area contributed by atoms with E-state index >= 15 is 0 Å². The number of benzene rings is 2. The zero-order valence-electron chi connectivity index (χ0n) is 20.8. The molecule has 0 bridgehead atoms. The summed E-state index contributed by atoms with van der Waals surface area (Å²) in [7, 11) is 1.49. The van der Waals surface area contributed by atoms with Crippen molar-refractivity contribution in [3.63, 3.8) is 0 Å². The van der Waals surface area contributed by atoms with Crippen molar-refractivity contribution in [3.05, 3.63) is 80.9 Å². The Balaban J connectivity index is 1.41. The average Bonchev–Trinajstić information content (AvgIpc) is 3.53. The van der Waals surface area contributed by atoms with Crippen LogP contribution in [0.1, 0.15) is 40.6 Å². The highest BCUT2D eigenvalue weighted by atomic mass is 32.2. The zero-order chi connectivity index (χ0) is 27.2. The third-order valence-corrected chi connectivity index (χ3v) is 7.62. The third kappa shape index (κ3) is 6.42. The van der Waals surface area contributed by atoms with Crippen LogP contribution in [0.2, 0.25) is 0 Å². The van der Waals surface area contributed by atoms with Gasteiger partial charge in [0.25, 0.3) is 17.7 Å². The fourth-order valence-electron chi connectivity index (χ4n) is 3.62. The Morgan fingerprint density at radius 2 is 1.89 bits per heavy atom. The Bertz CT molecular complexity index is 1400. The first-order chi connectivity index (χ1) is 18.3. The number of thiophene rings is 1. The molecule has 2 N–H and O–H groups in total. The molecule has 0 radical (unpaired) electrons. The maximum atomic E-state index is 12.9. The predicted octanol–water partition coefficient (Wildman–Crippen LogP) is 5.44. The van der Waals surface area contributed by atoms with E-state index in [0.29, 0.717) is 26.8 Å². The molecule has 4 rings (SSSR count). The first-order valence-electron chi connectivity index (χ1n) is 11.6. The predicted molar refractivity (Wildman–Crippen MR) is 154 cm³/mol. The highest BCUT2D eigenvalue weighted by Gasteiger charge is 2.34. The highest BCUT2D eigenvalue weighted by molar-refractivity contribution is 8.26. The van der Waals surface area contributed by atoms with E-state index in [1.807, 2.05) is 24.3 Å². The Morgan fingerprint density at radius 3 is 2.61 bits per heavy atom. The second kappa shape index (κ2) is 12.2. The molecule has 1 fully saturated rings. The van der Waals surface area contributed by atoms with Crippen LogP contribution in [0.5, 0.6) is 11.5 Å². The standard InChI is InChI=1S/C27H25N3O5S3/c1-16(2)18-7-4-5-8-19(18)28-24(31)15-35-20-11-10-17(13-21(20)34-3)14-23-26(33)30(27(36)38-23)29-25(32)22-9-6-12-37-22/h4-14,16H,15H2,1-3H3,(H,28,31)(H,29,32)/b23-14-. The van der Waals surface area contributed by atoms with Crippen molar-refractivity contribution < 1.29 is 23.9 Å². The van der Waals surface area contributed by atoms with Crippen LogP contribution in [0.15, 0.2) is 64.9 Å². The van der Waals surface area contributed by atoms with E-state index in [1.54, 1.807) is 41.8 Å². The third-order valence-electron chi connectivity index (χ3n) is 5.45. The molecular formula is C27H25N3O5S3. The van der Waals surface area contributed by atoms with Crippen LogP contribution < -0.4 is 20.2 Å². The number of methoxy groups -OCH3 is 1. The quantitative estimate of drug-likeness (QED) is 0.262. The van der Waals surface area contributed by atoms with Crippen molar-refractivity contribution in [2.75, 3.05) is 19.0 Å². The van der Waals surface area contributed by atoms with Gasteiger partial charge >= 0.3 is 0 Å². The number of hydrogen-bond acceptors (Lipinski definition) is 8. The summed E-state index contributed by atoms with van der Waals surface area (Å²) >= 11 is 7.64. The molecule has 0 unspecified atom stereocenters. The molecule has 196 valence electrons. The smallest absolute Gasteiger partial charge is 0.285 e. The van der Waals surface area contributed by atoms with Crippen LogP contribution in [0.4, 0.5) is 5.69 Å². The lowest BCUT2D eigenvalue weighted by Gasteiger charge is -2.15. The Hall–Kier alpha value is -3.67. The Labute approximate surface area is 234 Å². The van der Waals surface area contributed by atoms with E-state index < -0.39 is 11.8 Å².